The summed E-state index contributed by atoms with van der Waals surface area (Å²) in [5.41, 5.74) is 2.31. The minimum atomic E-state index is -4.75. The van der Waals surface area contributed by atoms with E-state index in [1.165, 1.54) is 24.4 Å². The zero-order chi connectivity index (χ0) is 19.6. The summed E-state index contributed by atoms with van der Waals surface area (Å²) in [4.78, 5) is 22.1. The molecule has 0 radical (unpaired) electrons. The van der Waals surface area contributed by atoms with Crippen LogP contribution in [0.2, 0.25) is 0 Å². The summed E-state index contributed by atoms with van der Waals surface area (Å²) in [6.07, 6.45) is -1.68. The van der Waals surface area contributed by atoms with Crippen molar-refractivity contribution in [2.45, 2.75) is 13.3 Å². The number of halogens is 3. The predicted octanol–water partition coefficient (Wildman–Crippen LogP) is 4.12. The lowest BCUT2D eigenvalue weighted by atomic mass is 10.1. The molecule has 0 amide bonds. The number of carboxylic acid groups (broad SMARTS) is 1. The van der Waals surface area contributed by atoms with Gasteiger partial charge in [-0.3, -0.25) is 0 Å². The molecule has 0 aliphatic rings. The first-order valence-corrected chi connectivity index (χ1v) is 7.60. The molecule has 7 nitrogen and oxygen atoms in total. The van der Waals surface area contributed by atoms with Crippen LogP contribution in [0.4, 0.5) is 24.8 Å². The van der Waals surface area contributed by atoms with E-state index >= 15 is 0 Å². The average molecular weight is 378 g/mol. The van der Waals surface area contributed by atoms with E-state index in [2.05, 4.69) is 25.0 Å². The van der Waals surface area contributed by atoms with Gasteiger partial charge in [0.15, 0.2) is 0 Å². The van der Waals surface area contributed by atoms with Gasteiger partial charge < -0.3 is 20.1 Å². The zero-order valence-corrected chi connectivity index (χ0v) is 13.8. The molecule has 0 atom stereocenters. The van der Waals surface area contributed by atoms with Crippen LogP contribution in [-0.2, 0) is 0 Å². The van der Waals surface area contributed by atoms with Crippen molar-refractivity contribution in [3.05, 3.63) is 54.0 Å². The number of aromatic carboxylic acids is 1. The fraction of sp³-hybridized carbons (Fsp3) is 0.118. The second-order valence-corrected chi connectivity index (χ2v) is 5.53. The molecular weight excluding hydrogens is 365 g/mol. The van der Waals surface area contributed by atoms with Crippen LogP contribution >= 0.6 is 0 Å². The van der Waals surface area contributed by atoms with E-state index in [1.807, 2.05) is 0 Å². The van der Waals surface area contributed by atoms with Crippen LogP contribution in [-0.4, -0.2) is 32.4 Å². The summed E-state index contributed by atoms with van der Waals surface area (Å²) in [5, 5.41) is 11.9. The number of alkyl halides is 3. The molecule has 0 spiro atoms. The fourth-order valence-corrected chi connectivity index (χ4v) is 2.32. The molecule has 140 valence electrons. The maximum Gasteiger partial charge on any atom is 0.573 e. The van der Waals surface area contributed by atoms with Crippen LogP contribution in [0.15, 0.2) is 42.7 Å². The van der Waals surface area contributed by atoms with Gasteiger partial charge in [-0.2, -0.15) is 0 Å². The lowest BCUT2D eigenvalue weighted by molar-refractivity contribution is -0.274. The first-order chi connectivity index (χ1) is 12.7. The highest BCUT2D eigenvalue weighted by Gasteiger charge is 2.30. The van der Waals surface area contributed by atoms with E-state index in [0.29, 0.717) is 16.9 Å². The second-order valence-electron chi connectivity index (χ2n) is 5.53. The van der Waals surface area contributed by atoms with Crippen molar-refractivity contribution in [1.29, 1.82) is 0 Å². The van der Waals surface area contributed by atoms with Crippen molar-refractivity contribution in [3.63, 3.8) is 0 Å². The lowest BCUT2D eigenvalue weighted by Gasteiger charge is -2.10. The van der Waals surface area contributed by atoms with Crippen molar-refractivity contribution < 1.29 is 27.8 Å². The quantitative estimate of drug-likeness (QED) is 0.618. The Morgan fingerprint density at radius 3 is 2.56 bits per heavy atom. The van der Waals surface area contributed by atoms with Crippen molar-refractivity contribution in [3.8, 4) is 17.0 Å². The number of benzene rings is 1. The van der Waals surface area contributed by atoms with Gasteiger partial charge in [0.1, 0.15) is 11.4 Å². The average Bonchev–Trinajstić information content (AvgIpc) is 3.07. The molecule has 10 heteroatoms. The van der Waals surface area contributed by atoms with Gasteiger partial charge in [0.25, 0.3) is 0 Å². The number of hydrogen-bond donors (Lipinski definition) is 3. The molecule has 0 unspecified atom stereocenters. The van der Waals surface area contributed by atoms with Crippen LogP contribution in [0.5, 0.6) is 5.75 Å². The van der Waals surface area contributed by atoms with Gasteiger partial charge in [-0.15, -0.1) is 13.2 Å². The normalized spacial score (nSPS) is 11.3. The largest absolute Gasteiger partial charge is 0.573 e. The summed E-state index contributed by atoms with van der Waals surface area (Å²) in [7, 11) is 0. The number of rotatable bonds is 5. The van der Waals surface area contributed by atoms with Gasteiger partial charge in [-0.1, -0.05) is 0 Å². The van der Waals surface area contributed by atoms with Crippen LogP contribution in [0.3, 0.4) is 0 Å². The molecule has 0 aliphatic heterocycles. The molecule has 0 bridgehead atoms. The SMILES string of the molecule is Cc1cnc(Nc2ccc(OC(F)(F)F)cc2)nc1-c1c[nH]c(C(=O)O)c1. The molecule has 3 rings (SSSR count). The molecule has 0 saturated heterocycles. The molecule has 0 saturated carbocycles. The Kier molecular flexibility index (Phi) is 4.72. The van der Waals surface area contributed by atoms with Crippen LogP contribution in [0, 0.1) is 6.92 Å². The standard InChI is InChI=1S/C17H13F3N4O3/c1-9-7-22-16(24-14(9)10-6-13(15(25)26)21-8-10)23-11-2-4-12(5-3-11)27-17(18,19)20/h2-8,21H,1H3,(H,25,26)(H,22,23,24). The molecule has 2 aromatic heterocycles. The molecule has 27 heavy (non-hydrogen) atoms. The van der Waals surface area contributed by atoms with Crippen molar-refractivity contribution in [1.82, 2.24) is 15.0 Å². The van der Waals surface area contributed by atoms with E-state index in [1.54, 1.807) is 13.1 Å². The van der Waals surface area contributed by atoms with E-state index in [-0.39, 0.29) is 17.4 Å². The highest BCUT2D eigenvalue weighted by molar-refractivity contribution is 5.87. The number of ether oxygens (including phenoxy) is 1. The topological polar surface area (TPSA) is 100 Å². The predicted molar refractivity (Wildman–Crippen MR) is 89.9 cm³/mol. The van der Waals surface area contributed by atoms with Gasteiger partial charge in [0.05, 0.1) is 5.69 Å². The maximum absolute atomic E-state index is 12.2. The number of nitrogens with one attached hydrogen (secondary N) is 2. The maximum atomic E-state index is 12.2. The Bertz CT molecular complexity index is 968. The number of carboxylic acids is 1. The van der Waals surface area contributed by atoms with Gasteiger partial charge in [-0.25, -0.2) is 14.8 Å². The number of carbonyl (C=O) groups is 1. The van der Waals surface area contributed by atoms with Crippen molar-refractivity contribution >= 4 is 17.6 Å². The van der Waals surface area contributed by atoms with Crippen molar-refractivity contribution in [2.24, 2.45) is 0 Å². The Balaban J connectivity index is 1.80. The summed E-state index contributed by atoms with van der Waals surface area (Å²) >= 11 is 0. The second kappa shape index (κ2) is 6.98. The molecule has 0 aliphatic carbocycles. The monoisotopic (exact) mass is 378 g/mol. The molecule has 0 fully saturated rings. The van der Waals surface area contributed by atoms with Gasteiger partial charge in [0, 0.05) is 23.6 Å². The Labute approximate surface area is 150 Å². The summed E-state index contributed by atoms with van der Waals surface area (Å²) < 4.78 is 40.4. The van der Waals surface area contributed by atoms with E-state index in [0.717, 1.165) is 17.7 Å². The van der Waals surface area contributed by atoms with Crippen LogP contribution in [0.25, 0.3) is 11.3 Å². The third kappa shape index (κ3) is 4.54. The smallest absolute Gasteiger partial charge is 0.477 e. The number of hydrogen-bond acceptors (Lipinski definition) is 5. The Morgan fingerprint density at radius 1 is 1.26 bits per heavy atom. The number of anilines is 2. The summed E-state index contributed by atoms with van der Waals surface area (Å²) in [5.74, 6) is -1.22. The molecule has 1 aromatic carbocycles. The minimum absolute atomic E-state index is 0.0257. The zero-order valence-electron chi connectivity index (χ0n) is 13.8. The van der Waals surface area contributed by atoms with Crippen molar-refractivity contribution in [2.75, 3.05) is 5.32 Å². The summed E-state index contributed by atoms with van der Waals surface area (Å²) in [6, 6.07) is 6.56. The highest BCUT2D eigenvalue weighted by atomic mass is 19.4. The van der Waals surface area contributed by atoms with E-state index < -0.39 is 12.3 Å². The molecular formula is C17H13F3N4O3. The third-order valence-corrected chi connectivity index (χ3v) is 3.50. The number of aryl methyl sites for hydroxylation is 1. The first-order valence-electron chi connectivity index (χ1n) is 7.60. The fourth-order valence-electron chi connectivity index (χ4n) is 2.32. The van der Waals surface area contributed by atoms with Gasteiger partial charge in [0.2, 0.25) is 5.95 Å². The number of H-pyrrole nitrogens is 1. The first kappa shape index (κ1) is 18.2. The van der Waals surface area contributed by atoms with E-state index in [9.17, 15) is 18.0 Å². The van der Waals surface area contributed by atoms with Crippen LogP contribution < -0.4 is 10.1 Å². The number of aromatic nitrogens is 3. The molecule has 3 N–H and O–H groups in total. The summed E-state index contributed by atoms with van der Waals surface area (Å²) in [6.45, 7) is 1.77. The highest BCUT2D eigenvalue weighted by Crippen LogP contribution is 2.26. The number of nitrogens with zero attached hydrogens (tertiary/aromatic N) is 2. The Hall–Kier alpha value is -3.56. The van der Waals surface area contributed by atoms with E-state index in [4.69, 9.17) is 5.11 Å². The molecule has 3 aromatic rings. The van der Waals surface area contributed by atoms with Crippen LogP contribution in [0.1, 0.15) is 16.1 Å². The van der Waals surface area contributed by atoms with Gasteiger partial charge >= 0.3 is 12.3 Å². The third-order valence-electron chi connectivity index (χ3n) is 3.50. The Morgan fingerprint density at radius 2 is 1.96 bits per heavy atom. The molecule has 2 heterocycles. The van der Waals surface area contributed by atoms with Gasteiger partial charge in [-0.05, 0) is 42.8 Å². The lowest BCUT2D eigenvalue weighted by Crippen LogP contribution is -2.17. The number of aromatic amines is 1. The minimum Gasteiger partial charge on any atom is -0.477 e.